The standard InChI is InChI=1S/C16H33N/c1-3-16-12-10-8-6-4-5-7-9-11-14-17(2)15-13-16/h16H,3-15H2,1-2H3. The second kappa shape index (κ2) is 9.94. The van der Waals surface area contributed by atoms with Gasteiger partial charge in [0.25, 0.3) is 0 Å². The third-order valence-corrected chi connectivity index (χ3v) is 4.40. The van der Waals surface area contributed by atoms with Gasteiger partial charge in [-0.15, -0.1) is 0 Å². The molecule has 0 amide bonds. The number of hydrogen-bond donors (Lipinski definition) is 0. The lowest BCUT2D eigenvalue weighted by Gasteiger charge is -2.21. The maximum absolute atomic E-state index is 2.55. The molecule has 1 nitrogen and oxygen atoms in total. The van der Waals surface area contributed by atoms with E-state index < -0.39 is 0 Å². The van der Waals surface area contributed by atoms with Crippen molar-refractivity contribution in [3.05, 3.63) is 0 Å². The third-order valence-electron chi connectivity index (χ3n) is 4.40. The molecule has 0 spiro atoms. The molecule has 1 aliphatic heterocycles. The smallest absolute Gasteiger partial charge is 0.00191 e. The Morgan fingerprint density at radius 3 is 2.00 bits per heavy atom. The van der Waals surface area contributed by atoms with E-state index in [9.17, 15) is 0 Å². The molecule has 1 unspecified atom stereocenters. The Morgan fingerprint density at radius 2 is 1.35 bits per heavy atom. The van der Waals surface area contributed by atoms with Crippen LogP contribution in [0, 0.1) is 5.92 Å². The fraction of sp³-hybridized carbons (Fsp3) is 1.00. The molecular weight excluding hydrogens is 206 g/mol. The van der Waals surface area contributed by atoms with Crippen LogP contribution in [0.4, 0.5) is 0 Å². The first-order valence-electron chi connectivity index (χ1n) is 8.01. The minimum atomic E-state index is 0.986. The van der Waals surface area contributed by atoms with Crippen molar-refractivity contribution in [2.24, 2.45) is 5.92 Å². The average molecular weight is 239 g/mol. The molecule has 0 bridgehead atoms. The summed E-state index contributed by atoms with van der Waals surface area (Å²) < 4.78 is 0. The van der Waals surface area contributed by atoms with Crippen molar-refractivity contribution in [1.82, 2.24) is 4.90 Å². The van der Waals surface area contributed by atoms with Crippen molar-refractivity contribution in [1.29, 1.82) is 0 Å². The Morgan fingerprint density at radius 1 is 0.765 bits per heavy atom. The highest BCUT2D eigenvalue weighted by atomic mass is 15.1. The van der Waals surface area contributed by atoms with Gasteiger partial charge in [-0.1, -0.05) is 64.7 Å². The zero-order chi connectivity index (χ0) is 12.3. The quantitative estimate of drug-likeness (QED) is 0.631. The third kappa shape index (κ3) is 7.81. The molecule has 1 aliphatic rings. The summed E-state index contributed by atoms with van der Waals surface area (Å²) in [5, 5.41) is 0. The van der Waals surface area contributed by atoms with Gasteiger partial charge in [-0.25, -0.2) is 0 Å². The van der Waals surface area contributed by atoms with Crippen LogP contribution >= 0.6 is 0 Å². The molecule has 0 aliphatic carbocycles. The molecule has 1 rings (SSSR count). The molecule has 1 heterocycles. The molecule has 1 fully saturated rings. The van der Waals surface area contributed by atoms with E-state index in [1.165, 1.54) is 83.7 Å². The monoisotopic (exact) mass is 239 g/mol. The Kier molecular flexibility index (Phi) is 8.78. The molecule has 17 heavy (non-hydrogen) atoms. The van der Waals surface area contributed by atoms with Crippen molar-refractivity contribution < 1.29 is 0 Å². The van der Waals surface area contributed by atoms with Crippen molar-refractivity contribution in [2.75, 3.05) is 20.1 Å². The summed E-state index contributed by atoms with van der Waals surface area (Å²) in [6.45, 7) is 5.00. The summed E-state index contributed by atoms with van der Waals surface area (Å²) in [4.78, 5) is 2.55. The molecule has 1 atom stereocenters. The zero-order valence-corrected chi connectivity index (χ0v) is 12.2. The van der Waals surface area contributed by atoms with E-state index in [4.69, 9.17) is 0 Å². The zero-order valence-electron chi connectivity index (χ0n) is 12.2. The van der Waals surface area contributed by atoms with Gasteiger partial charge in [0.2, 0.25) is 0 Å². The van der Waals surface area contributed by atoms with Crippen molar-refractivity contribution >= 4 is 0 Å². The Balaban J connectivity index is 2.26. The maximum Gasteiger partial charge on any atom is -0.00191 e. The van der Waals surface area contributed by atoms with Crippen LogP contribution in [0.2, 0.25) is 0 Å². The summed E-state index contributed by atoms with van der Waals surface area (Å²) in [6, 6.07) is 0. The summed E-state index contributed by atoms with van der Waals surface area (Å²) in [6.07, 6.45) is 16.0. The summed E-state index contributed by atoms with van der Waals surface area (Å²) in [7, 11) is 2.30. The normalized spacial score (nSPS) is 27.5. The van der Waals surface area contributed by atoms with Gasteiger partial charge in [0.1, 0.15) is 0 Å². The Hall–Kier alpha value is -0.0400. The summed E-state index contributed by atoms with van der Waals surface area (Å²) in [5.41, 5.74) is 0. The SMILES string of the molecule is CCC1CCCCCCCCCCN(C)CC1. The molecule has 1 saturated heterocycles. The van der Waals surface area contributed by atoms with Crippen molar-refractivity contribution in [3.8, 4) is 0 Å². The predicted octanol–water partition coefficient (Wildman–Crippen LogP) is 4.86. The van der Waals surface area contributed by atoms with Crippen LogP contribution in [-0.4, -0.2) is 25.0 Å². The Labute approximate surface area is 109 Å². The average Bonchev–Trinajstić information content (AvgIpc) is 2.34. The molecule has 102 valence electrons. The lowest BCUT2D eigenvalue weighted by atomic mass is 9.94. The van der Waals surface area contributed by atoms with Gasteiger partial charge in [-0.2, -0.15) is 0 Å². The first-order valence-corrected chi connectivity index (χ1v) is 8.01. The molecule has 0 aromatic heterocycles. The van der Waals surface area contributed by atoms with Gasteiger partial charge < -0.3 is 4.90 Å². The van der Waals surface area contributed by atoms with Crippen LogP contribution in [-0.2, 0) is 0 Å². The lowest BCUT2D eigenvalue weighted by Crippen LogP contribution is -2.23. The molecular formula is C16H33N. The second-order valence-electron chi connectivity index (χ2n) is 5.98. The van der Waals surface area contributed by atoms with Crippen LogP contribution in [0.15, 0.2) is 0 Å². The predicted molar refractivity (Wildman–Crippen MR) is 77.4 cm³/mol. The van der Waals surface area contributed by atoms with Crippen LogP contribution in [0.5, 0.6) is 0 Å². The van der Waals surface area contributed by atoms with Crippen LogP contribution in [0.25, 0.3) is 0 Å². The number of nitrogens with zero attached hydrogens (tertiary/aromatic N) is 1. The highest BCUT2D eigenvalue weighted by molar-refractivity contribution is 4.62. The van der Waals surface area contributed by atoms with Gasteiger partial charge in [0.15, 0.2) is 0 Å². The lowest BCUT2D eigenvalue weighted by molar-refractivity contribution is 0.279. The summed E-state index contributed by atoms with van der Waals surface area (Å²) >= 11 is 0. The first kappa shape index (κ1) is 15.0. The van der Waals surface area contributed by atoms with E-state index in [-0.39, 0.29) is 0 Å². The van der Waals surface area contributed by atoms with Gasteiger partial charge in [-0.05, 0) is 38.9 Å². The van der Waals surface area contributed by atoms with Gasteiger partial charge in [-0.3, -0.25) is 0 Å². The van der Waals surface area contributed by atoms with Crippen LogP contribution < -0.4 is 0 Å². The maximum atomic E-state index is 2.55. The highest BCUT2D eigenvalue weighted by Gasteiger charge is 2.08. The van der Waals surface area contributed by atoms with E-state index in [2.05, 4.69) is 18.9 Å². The van der Waals surface area contributed by atoms with E-state index in [0.29, 0.717) is 0 Å². The molecule has 0 radical (unpaired) electrons. The first-order chi connectivity index (χ1) is 8.33. The topological polar surface area (TPSA) is 3.24 Å². The van der Waals surface area contributed by atoms with Crippen LogP contribution in [0.1, 0.15) is 77.6 Å². The molecule has 0 saturated carbocycles. The van der Waals surface area contributed by atoms with Crippen molar-refractivity contribution in [3.63, 3.8) is 0 Å². The van der Waals surface area contributed by atoms with Crippen molar-refractivity contribution in [2.45, 2.75) is 77.6 Å². The molecule has 0 aromatic rings. The number of rotatable bonds is 1. The van der Waals surface area contributed by atoms with E-state index in [0.717, 1.165) is 5.92 Å². The van der Waals surface area contributed by atoms with E-state index in [1.54, 1.807) is 0 Å². The van der Waals surface area contributed by atoms with E-state index in [1.807, 2.05) is 0 Å². The molecule has 0 N–H and O–H groups in total. The van der Waals surface area contributed by atoms with Gasteiger partial charge >= 0.3 is 0 Å². The second-order valence-corrected chi connectivity index (χ2v) is 5.98. The fourth-order valence-electron chi connectivity index (χ4n) is 2.94. The highest BCUT2D eigenvalue weighted by Crippen LogP contribution is 2.19. The van der Waals surface area contributed by atoms with Gasteiger partial charge in [0, 0.05) is 0 Å². The minimum Gasteiger partial charge on any atom is -0.306 e. The summed E-state index contributed by atoms with van der Waals surface area (Å²) in [5.74, 6) is 0.986. The minimum absolute atomic E-state index is 0.986. The largest absolute Gasteiger partial charge is 0.306 e. The number of hydrogen-bond acceptors (Lipinski definition) is 1. The van der Waals surface area contributed by atoms with Gasteiger partial charge in [0.05, 0.1) is 0 Å². The molecule has 1 heteroatoms. The fourth-order valence-corrected chi connectivity index (χ4v) is 2.94. The van der Waals surface area contributed by atoms with Crippen LogP contribution in [0.3, 0.4) is 0 Å². The van der Waals surface area contributed by atoms with E-state index >= 15 is 0 Å². The Bertz CT molecular complexity index is 167. The molecule has 0 aromatic carbocycles.